The molecule has 0 unspecified atom stereocenters. The molecule has 2 heterocycles. The second-order valence-electron chi connectivity index (χ2n) is 4.81. The summed E-state index contributed by atoms with van der Waals surface area (Å²) >= 11 is 0. The lowest BCUT2D eigenvalue weighted by molar-refractivity contribution is 0.505. The normalized spacial score (nSPS) is 10.8. The van der Waals surface area contributed by atoms with Crippen LogP contribution in [-0.4, -0.2) is 19.7 Å². The van der Waals surface area contributed by atoms with Crippen molar-refractivity contribution in [3.8, 4) is 22.7 Å². The van der Waals surface area contributed by atoms with Crippen molar-refractivity contribution in [3.63, 3.8) is 0 Å². The van der Waals surface area contributed by atoms with Crippen LogP contribution in [0.2, 0.25) is 0 Å². The summed E-state index contributed by atoms with van der Waals surface area (Å²) in [6.45, 7) is 2.02. The maximum absolute atomic E-state index is 11.5. The SMILES string of the molecule is CCc1c(-c2cnc(N)cn2)cccc1-c1nn(C)c(=O)o1. The molecule has 2 aromatic heterocycles. The topological polar surface area (TPSA) is 99.8 Å². The summed E-state index contributed by atoms with van der Waals surface area (Å²) in [6, 6.07) is 5.69. The molecule has 0 atom stereocenters. The number of hydrogen-bond acceptors (Lipinski definition) is 6. The average molecular weight is 297 g/mol. The van der Waals surface area contributed by atoms with E-state index in [0.29, 0.717) is 17.4 Å². The Morgan fingerprint density at radius 1 is 1.23 bits per heavy atom. The molecule has 0 aliphatic carbocycles. The van der Waals surface area contributed by atoms with Gasteiger partial charge in [0, 0.05) is 18.2 Å². The third-order valence-corrected chi connectivity index (χ3v) is 3.40. The molecule has 22 heavy (non-hydrogen) atoms. The summed E-state index contributed by atoms with van der Waals surface area (Å²) < 4.78 is 6.36. The lowest BCUT2D eigenvalue weighted by Gasteiger charge is -2.10. The maximum atomic E-state index is 11.5. The molecule has 0 bridgehead atoms. The van der Waals surface area contributed by atoms with Crippen molar-refractivity contribution in [1.29, 1.82) is 0 Å². The molecule has 0 radical (unpaired) electrons. The minimum absolute atomic E-state index is 0.301. The third-order valence-electron chi connectivity index (χ3n) is 3.40. The van der Waals surface area contributed by atoms with Gasteiger partial charge in [0.25, 0.3) is 0 Å². The van der Waals surface area contributed by atoms with Crippen LogP contribution in [-0.2, 0) is 13.5 Å². The highest BCUT2D eigenvalue weighted by atomic mass is 16.4. The van der Waals surface area contributed by atoms with Gasteiger partial charge in [0.05, 0.1) is 18.1 Å². The van der Waals surface area contributed by atoms with E-state index in [-0.39, 0.29) is 0 Å². The number of rotatable bonds is 3. The van der Waals surface area contributed by atoms with E-state index in [1.54, 1.807) is 13.2 Å². The van der Waals surface area contributed by atoms with Gasteiger partial charge in [0.1, 0.15) is 5.82 Å². The van der Waals surface area contributed by atoms with Crippen LogP contribution < -0.4 is 11.5 Å². The fourth-order valence-electron chi connectivity index (χ4n) is 2.34. The number of anilines is 1. The van der Waals surface area contributed by atoms with Gasteiger partial charge in [-0.05, 0) is 18.1 Å². The van der Waals surface area contributed by atoms with Crippen LogP contribution in [0.25, 0.3) is 22.7 Å². The van der Waals surface area contributed by atoms with E-state index in [1.165, 1.54) is 10.9 Å². The van der Waals surface area contributed by atoms with E-state index in [4.69, 9.17) is 10.2 Å². The Hall–Kier alpha value is -2.96. The predicted octanol–water partition coefficient (Wildman–Crippen LogP) is 1.64. The van der Waals surface area contributed by atoms with E-state index in [0.717, 1.165) is 23.1 Å². The summed E-state index contributed by atoms with van der Waals surface area (Å²) in [5.74, 6) is 0.179. The largest absolute Gasteiger partial charge is 0.437 e. The highest BCUT2D eigenvalue weighted by Gasteiger charge is 2.16. The Kier molecular flexibility index (Phi) is 3.46. The molecular formula is C15H15N5O2. The first-order valence-corrected chi connectivity index (χ1v) is 6.84. The van der Waals surface area contributed by atoms with Crippen molar-refractivity contribution < 1.29 is 4.42 Å². The molecule has 0 amide bonds. The Labute approximate surface area is 126 Å². The molecule has 1 aromatic carbocycles. The van der Waals surface area contributed by atoms with Gasteiger partial charge >= 0.3 is 5.76 Å². The summed E-state index contributed by atoms with van der Waals surface area (Å²) in [5, 5.41) is 4.12. The molecule has 3 rings (SSSR count). The van der Waals surface area contributed by atoms with Crippen LogP contribution >= 0.6 is 0 Å². The van der Waals surface area contributed by atoms with Crippen LogP contribution in [0, 0.1) is 0 Å². The van der Waals surface area contributed by atoms with E-state index in [2.05, 4.69) is 15.1 Å². The van der Waals surface area contributed by atoms with Crippen molar-refractivity contribution in [2.45, 2.75) is 13.3 Å². The zero-order valence-electron chi connectivity index (χ0n) is 12.3. The number of hydrogen-bond donors (Lipinski definition) is 1. The van der Waals surface area contributed by atoms with Gasteiger partial charge in [-0.2, -0.15) is 4.68 Å². The van der Waals surface area contributed by atoms with Gasteiger partial charge in [-0.3, -0.25) is 4.98 Å². The Morgan fingerprint density at radius 3 is 2.59 bits per heavy atom. The fourth-order valence-corrected chi connectivity index (χ4v) is 2.34. The van der Waals surface area contributed by atoms with Gasteiger partial charge in [0.2, 0.25) is 5.89 Å². The van der Waals surface area contributed by atoms with Gasteiger partial charge in [-0.1, -0.05) is 19.1 Å². The second-order valence-corrected chi connectivity index (χ2v) is 4.81. The molecule has 2 N–H and O–H groups in total. The molecule has 3 aromatic rings. The molecule has 0 aliphatic rings. The first kappa shape index (κ1) is 14.0. The zero-order valence-corrected chi connectivity index (χ0v) is 12.3. The Balaban J connectivity index is 2.19. The van der Waals surface area contributed by atoms with Gasteiger partial charge in [-0.25, -0.2) is 9.78 Å². The lowest BCUT2D eigenvalue weighted by Crippen LogP contribution is -2.09. The summed E-state index contributed by atoms with van der Waals surface area (Å²) in [7, 11) is 1.55. The van der Waals surface area contributed by atoms with Crippen LogP contribution in [0.1, 0.15) is 12.5 Å². The summed E-state index contributed by atoms with van der Waals surface area (Å²) in [4.78, 5) is 19.9. The molecular weight excluding hydrogens is 282 g/mol. The number of benzene rings is 1. The van der Waals surface area contributed by atoms with E-state index in [9.17, 15) is 4.79 Å². The number of nitrogens with two attached hydrogens (primary N) is 1. The Morgan fingerprint density at radius 2 is 2.00 bits per heavy atom. The van der Waals surface area contributed by atoms with Crippen molar-refractivity contribution in [2.75, 3.05) is 5.73 Å². The molecule has 7 heteroatoms. The number of aromatic nitrogens is 4. The minimum Gasteiger partial charge on any atom is -0.388 e. The number of nitrogen functional groups attached to an aromatic ring is 1. The highest BCUT2D eigenvalue weighted by Crippen LogP contribution is 2.30. The quantitative estimate of drug-likeness (QED) is 0.789. The average Bonchev–Trinajstić information content (AvgIpc) is 2.86. The molecule has 0 fully saturated rings. The molecule has 0 aliphatic heterocycles. The predicted molar refractivity (Wildman–Crippen MR) is 82.0 cm³/mol. The van der Waals surface area contributed by atoms with Crippen LogP contribution in [0.3, 0.4) is 0 Å². The third kappa shape index (κ3) is 2.37. The Bertz CT molecular complexity index is 864. The molecule has 0 spiro atoms. The van der Waals surface area contributed by atoms with Crippen molar-refractivity contribution in [1.82, 2.24) is 19.7 Å². The summed E-state index contributed by atoms with van der Waals surface area (Å²) in [6.07, 6.45) is 3.88. The maximum Gasteiger partial charge on any atom is 0.437 e. The highest BCUT2D eigenvalue weighted by molar-refractivity contribution is 5.73. The van der Waals surface area contributed by atoms with Crippen molar-refractivity contribution in [3.05, 3.63) is 46.7 Å². The van der Waals surface area contributed by atoms with E-state index >= 15 is 0 Å². The molecule has 112 valence electrons. The zero-order chi connectivity index (χ0) is 15.7. The monoisotopic (exact) mass is 297 g/mol. The fraction of sp³-hybridized carbons (Fsp3) is 0.200. The molecule has 0 saturated carbocycles. The van der Waals surface area contributed by atoms with Crippen molar-refractivity contribution >= 4 is 5.82 Å². The number of nitrogens with zero attached hydrogens (tertiary/aromatic N) is 4. The van der Waals surface area contributed by atoms with Gasteiger partial charge in [0.15, 0.2) is 0 Å². The van der Waals surface area contributed by atoms with Crippen LogP contribution in [0.15, 0.2) is 39.8 Å². The second kappa shape index (κ2) is 5.44. The minimum atomic E-state index is -0.491. The standard InChI is InChI=1S/C15H15N5O2/c1-3-9-10(12-7-18-13(16)8-17-12)5-4-6-11(9)14-19-20(2)15(21)22-14/h4-8H,3H2,1-2H3,(H2,16,18). The van der Waals surface area contributed by atoms with E-state index in [1.807, 2.05) is 25.1 Å². The van der Waals surface area contributed by atoms with Gasteiger partial charge < -0.3 is 10.2 Å². The van der Waals surface area contributed by atoms with E-state index < -0.39 is 5.76 Å². The summed E-state index contributed by atoms with van der Waals surface area (Å²) in [5.41, 5.74) is 8.97. The van der Waals surface area contributed by atoms with Gasteiger partial charge in [-0.15, -0.1) is 5.10 Å². The van der Waals surface area contributed by atoms with Crippen LogP contribution in [0.4, 0.5) is 5.82 Å². The lowest BCUT2D eigenvalue weighted by atomic mass is 9.97. The van der Waals surface area contributed by atoms with Crippen molar-refractivity contribution in [2.24, 2.45) is 7.05 Å². The molecule has 7 nitrogen and oxygen atoms in total. The smallest absolute Gasteiger partial charge is 0.388 e. The first-order valence-electron chi connectivity index (χ1n) is 6.84. The van der Waals surface area contributed by atoms with Crippen LogP contribution in [0.5, 0.6) is 0 Å². The first-order chi connectivity index (χ1) is 10.6. The number of aryl methyl sites for hydroxylation is 1. The molecule has 0 saturated heterocycles.